The number of unbranched alkanes of at least 4 members (excludes halogenated alkanes) is 2. The van der Waals surface area contributed by atoms with Crippen molar-refractivity contribution in [2.45, 2.75) is 65.2 Å². The molecule has 0 aliphatic heterocycles. The van der Waals surface area contributed by atoms with Gasteiger partial charge in [0, 0.05) is 11.9 Å². The number of carbonyl (C=O) groups is 1. The number of hydrogen-bond acceptors (Lipinski definition) is 3. The molecule has 0 spiro atoms. The summed E-state index contributed by atoms with van der Waals surface area (Å²) in [6.07, 6.45) is 10.8. The summed E-state index contributed by atoms with van der Waals surface area (Å²) in [5.74, 6) is 0.250. The third-order valence-electron chi connectivity index (χ3n) is 5.49. The summed E-state index contributed by atoms with van der Waals surface area (Å²) < 4.78 is 5.52. The van der Waals surface area contributed by atoms with Crippen LogP contribution in [0.1, 0.15) is 72.3 Å². The Morgan fingerprint density at radius 2 is 1.39 bits per heavy atom. The highest BCUT2D eigenvalue weighted by atomic mass is 16.5. The fourth-order valence-corrected chi connectivity index (χ4v) is 3.59. The molecule has 0 N–H and O–H groups in total. The molecule has 1 heterocycles. The Bertz CT molecular complexity index is 928. The van der Waals surface area contributed by atoms with E-state index in [4.69, 9.17) is 4.74 Å². The molecule has 162 valence electrons. The van der Waals surface area contributed by atoms with Crippen LogP contribution < -0.4 is 4.74 Å². The molecule has 0 saturated heterocycles. The largest absolute Gasteiger partial charge is 0.423 e. The summed E-state index contributed by atoms with van der Waals surface area (Å²) in [5, 5.41) is 0. The van der Waals surface area contributed by atoms with Crippen molar-refractivity contribution in [3.8, 4) is 5.75 Å². The molecule has 0 radical (unpaired) electrons. The van der Waals surface area contributed by atoms with Crippen LogP contribution in [0.15, 0.2) is 66.9 Å². The molecule has 2 aromatic carbocycles. The number of hydrogen-bond donors (Lipinski definition) is 0. The number of esters is 1. The molecule has 31 heavy (non-hydrogen) atoms. The Balaban J connectivity index is 1.48. The minimum Gasteiger partial charge on any atom is -0.423 e. The van der Waals surface area contributed by atoms with E-state index in [-0.39, 0.29) is 5.97 Å². The first-order valence-electron chi connectivity index (χ1n) is 11.5. The zero-order valence-corrected chi connectivity index (χ0v) is 18.8. The zero-order chi connectivity index (χ0) is 21.9. The van der Waals surface area contributed by atoms with Gasteiger partial charge in [-0.25, -0.2) is 4.79 Å². The Kier molecular flexibility index (Phi) is 8.84. The smallest absolute Gasteiger partial charge is 0.343 e. The van der Waals surface area contributed by atoms with Gasteiger partial charge in [-0.3, -0.25) is 4.98 Å². The Morgan fingerprint density at radius 3 is 2.03 bits per heavy atom. The van der Waals surface area contributed by atoms with Crippen LogP contribution in [0, 0.1) is 0 Å². The quantitative estimate of drug-likeness (QED) is 0.197. The highest BCUT2D eigenvalue weighted by molar-refractivity contribution is 5.91. The molecule has 3 heteroatoms. The third-order valence-corrected chi connectivity index (χ3v) is 5.49. The average Bonchev–Trinajstić information content (AvgIpc) is 2.80. The number of aryl methyl sites for hydroxylation is 4. The first-order chi connectivity index (χ1) is 15.2. The van der Waals surface area contributed by atoms with E-state index in [2.05, 4.69) is 31.0 Å². The highest BCUT2D eigenvalue weighted by Crippen LogP contribution is 2.17. The van der Waals surface area contributed by atoms with Crippen LogP contribution in [-0.4, -0.2) is 11.0 Å². The second-order valence-corrected chi connectivity index (χ2v) is 8.10. The molecule has 0 atom stereocenters. The van der Waals surface area contributed by atoms with Gasteiger partial charge in [0.15, 0.2) is 0 Å². The van der Waals surface area contributed by atoms with Gasteiger partial charge in [0.1, 0.15) is 5.75 Å². The minimum atomic E-state index is -0.320. The monoisotopic (exact) mass is 415 g/mol. The maximum atomic E-state index is 12.4. The van der Waals surface area contributed by atoms with Crippen molar-refractivity contribution in [3.05, 3.63) is 94.8 Å². The molecule has 3 nitrogen and oxygen atoms in total. The van der Waals surface area contributed by atoms with Gasteiger partial charge in [-0.1, -0.05) is 63.4 Å². The number of benzene rings is 2. The van der Waals surface area contributed by atoms with Gasteiger partial charge in [-0.15, -0.1) is 0 Å². The molecule has 1 aromatic heterocycles. The summed E-state index contributed by atoms with van der Waals surface area (Å²) in [4.78, 5) is 17.0. The second kappa shape index (κ2) is 12.0. The van der Waals surface area contributed by atoms with E-state index >= 15 is 0 Å². The van der Waals surface area contributed by atoms with E-state index in [0.29, 0.717) is 11.3 Å². The topological polar surface area (TPSA) is 39.2 Å². The number of carbonyl (C=O) groups excluding carboxylic acids is 1. The van der Waals surface area contributed by atoms with Crippen molar-refractivity contribution in [2.75, 3.05) is 0 Å². The fraction of sp³-hybridized carbons (Fsp3) is 0.357. The van der Waals surface area contributed by atoms with E-state index in [1.54, 1.807) is 0 Å². The average molecular weight is 416 g/mol. The summed E-state index contributed by atoms with van der Waals surface area (Å²) in [5.41, 5.74) is 5.46. The molecule has 0 saturated carbocycles. The van der Waals surface area contributed by atoms with Crippen molar-refractivity contribution in [2.24, 2.45) is 0 Å². The van der Waals surface area contributed by atoms with Gasteiger partial charge in [0.2, 0.25) is 0 Å². The van der Waals surface area contributed by atoms with Gasteiger partial charge in [0.05, 0.1) is 5.56 Å². The van der Waals surface area contributed by atoms with Gasteiger partial charge < -0.3 is 4.74 Å². The van der Waals surface area contributed by atoms with Crippen LogP contribution >= 0.6 is 0 Å². The summed E-state index contributed by atoms with van der Waals surface area (Å²) in [6.45, 7) is 4.37. The molecule has 0 aliphatic carbocycles. The van der Waals surface area contributed by atoms with Crippen molar-refractivity contribution in [1.29, 1.82) is 0 Å². The summed E-state index contributed by atoms with van der Waals surface area (Å²) in [6, 6.07) is 19.8. The van der Waals surface area contributed by atoms with Crippen LogP contribution in [0.3, 0.4) is 0 Å². The van der Waals surface area contributed by atoms with Crippen LogP contribution in [-0.2, 0) is 25.7 Å². The Labute approximate surface area is 186 Å². The van der Waals surface area contributed by atoms with E-state index < -0.39 is 0 Å². The number of ether oxygens (including phenoxy) is 1. The van der Waals surface area contributed by atoms with E-state index in [0.717, 1.165) is 37.8 Å². The molecular weight excluding hydrogens is 382 g/mol. The predicted molar refractivity (Wildman–Crippen MR) is 127 cm³/mol. The van der Waals surface area contributed by atoms with Crippen molar-refractivity contribution in [3.63, 3.8) is 0 Å². The SMILES string of the molecule is CCCCCc1ccc(CCc2ccc(OC(=O)c3ccc(CCC)cc3)cc2)nc1. The fourth-order valence-electron chi connectivity index (χ4n) is 3.59. The number of rotatable bonds is 11. The lowest BCUT2D eigenvalue weighted by atomic mass is 10.1. The van der Waals surface area contributed by atoms with Crippen LogP contribution in [0.2, 0.25) is 0 Å². The Morgan fingerprint density at radius 1 is 0.710 bits per heavy atom. The standard InChI is InChI=1S/C28H33NO2/c1-3-5-6-8-24-12-18-26(29-21-24)17-11-23-13-19-27(20-14-23)31-28(30)25-15-9-22(7-4-2)10-16-25/h9-10,12-16,18-21H,3-8,11,17H2,1-2H3. The molecule has 0 bridgehead atoms. The summed E-state index contributed by atoms with van der Waals surface area (Å²) >= 11 is 0. The Hall–Kier alpha value is -2.94. The predicted octanol–water partition coefficient (Wildman–Crippen LogP) is 6.77. The molecule has 3 aromatic rings. The first kappa shape index (κ1) is 22.7. The molecule has 0 fully saturated rings. The van der Waals surface area contributed by atoms with Crippen LogP contribution in [0.4, 0.5) is 0 Å². The molecule has 0 amide bonds. The minimum absolute atomic E-state index is 0.320. The number of pyridine rings is 1. The first-order valence-corrected chi connectivity index (χ1v) is 11.5. The maximum absolute atomic E-state index is 12.4. The molecule has 0 aliphatic rings. The normalized spacial score (nSPS) is 10.8. The van der Waals surface area contributed by atoms with Gasteiger partial charge >= 0.3 is 5.97 Å². The zero-order valence-electron chi connectivity index (χ0n) is 18.8. The lowest BCUT2D eigenvalue weighted by Crippen LogP contribution is -2.08. The van der Waals surface area contributed by atoms with Crippen LogP contribution in [0.5, 0.6) is 5.75 Å². The molecule has 3 rings (SSSR count). The summed E-state index contributed by atoms with van der Waals surface area (Å²) in [7, 11) is 0. The van der Waals surface area contributed by atoms with Crippen molar-refractivity contribution >= 4 is 5.97 Å². The van der Waals surface area contributed by atoms with E-state index in [1.165, 1.54) is 36.0 Å². The van der Waals surface area contributed by atoms with Gasteiger partial charge in [-0.05, 0) is 79.1 Å². The van der Waals surface area contributed by atoms with Gasteiger partial charge in [0.25, 0.3) is 0 Å². The number of nitrogens with zero attached hydrogens (tertiary/aromatic N) is 1. The lowest BCUT2D eigenvalue weighted by Gasteiger charge is -2.07. The highest BCUT2D eigenvalue weighted by Gasteiger charge is 2.09. The van der Waals surface area contributed by atoms with Crippen molar-refractivity contribution in [1.82, 2.24) is 4.98 Å². The lowest BCUT2D eigenvalue weighted by molar-refractivity contribution is 0.0734. The maximum Gasteiger partial charge on any atom is 0.343 e. The number of aromatic nitrogens is 1. The van der Waals surface area contributed by atoms with Gasteiger partial charge in [-0.2, -0.15) is 0 Å². The van der Waals surface area contributed by atoms with Crippen molar-refractivity contribution < 1.29 is 9.53 Å². The van der Waals surface area contributed by atoms with E-state index in [1.807, 2.05) is 54.7 Å². The second-order valence-electron chi connectivity index (χ2n) is 8.10. The van der Waals surface area contributed by atoms with Crippen LogP contribution in [0.25, 0.3) is 0 Å². The van der Waals surface area contributed by atoms with E-state index in [9.17, 15) is 4.79 Å². The molecule has 0 unspecified atom stereocenters. The molecular formula is C28H33NO2. The third kappa shape index (κ3) is 7.36.